The molecule has 0 spiro atoms. The first-order valence-corrected chi connectivity index (χ1v) is 9.75. The Morgan fingerprint density at radius 2 is 1.71 bits per heavy atom. The molecule has 170 valence electrons. The number of amides is 3. The highest BCUT2D eigenvalue weighted by Gasteiger charge is 2.26. The van der Waals surface area contributed by atoms with Crippen molar-refractivity contribution in [1.29, 1.82) is 0 Å². The summed E-state index contributed by atoms with van der Waals surface area (Å²) in [6, 6.07) is 10.2. The Morgan fingerprint density at radius 1 is 1.03 bits per heavy atom. The van der Waals surface area contributed by atoms with E-state index in [2.05, 4.69) is 20.9 Å². The Bertz CT molecular complexity index is 820. The fourth-order valence-electron chi connectivity index (χ4n) is 3.21. The van der Waals surface area contributed by atoms with E-state index in [9.17, 15) is 9.59 Å². The summed E-state index contributed by atoms with van der Waals surface area (Å²) in [5.74, 6) is -0.00815. The first-order chi connectivity index (χ1) is 14.1. The summed E-state index contributed by atoms with van der Waals surface area (Å²) >= 11 is 0. The molecule has 0 bridgehead atoms. The van der Waals surface area contributed by atoms with Gasteiger partial charge >= 0.3 is 6.03 Å². The number of nitrogens with zero attached hydrogens (tertiary/aromatic N) is 1. The number of pyridine rings is 1. The van der Waals surface area contributed by atoms with E-state index in [4.69, 9.17) is 10.5 Å². The van der Waals surface area contributed by atoms with Gasteiger partial charge in [0.2, 0.25) is 5.91 Å². The Morgan fingerprint density at radius 3 is 2.42 bits per heavy atom. The fourth-order valence-corrected chi connectivity index (χ4v) is 3.21. The Labute approximate surface area is 194 Å². The fraction of sp³-hybridized carbons (Fsp3) is 0.381. The molecule has 0 saturated carbocycles. The molecule has 1 aliphatic rings. The van der Waals surface area contributed by atoms with Crippen LogP contribution in [-0.2, 0) is 22.6 Å². The van der Waals surface area contributed by atoms with Crippen LogP contribution in [0.2, 0.25) is 0 Å². The molecule has 1 fully saturated rings. The molecule has 10 heteroatoms. The number of anilines is 1. The first kappa shape index (κ1) is 26.6. The van der Waals surface area contributed by atoms with Crippen LogP contribution < -0.4 is 21.7 Å². The van der Waals surface area contributed by atoms with Crippen molar-refractivity contribution < 1.29 is 14.3 Å². The minimum atomic E-state index is -0.529. The molecule has 31 heavy (non-hydrogen) atoms. The van der Waals surface area contributed by atoms with E-state index in [1.165, 1.54) is 0 Å². The molecule has 2 aromatic rings. The maximum Gasteiger partial charge on any atom is 0.319 e. The number of halogens is 2. The second kappa shape index (κ2) is 13.8. The quantitative estimate of drug-likeness (QED) is 0.496. The largest absolute Gasteiger partial charge is 0.381 e. The van der Waals surface area contributed by atoms with Crippen LogP contribution in [0, 0.1) is 5.92 Å². The zero-order valence-electron chi connectivity index (χ0n) is 17.1. The summed E-state index contributed by atoms with van der Waals surface area (Å²) in [5.41, 5.74) is 8.59. The monoisotopic (exact) mass is 469 g/mol. The highest BCUT2D eigenvalue weighted by Crippen LogP contribution is 2.18. The number of benzene rings is 1. The summed E-state index contributed by atoms with van der Waals surface area (Å²) in [4.78, 5) is 28.4. The number of urea groups is 1. The lowest BCUT2D eigenvalue weighted by Gasteiger charge is -2.26. The van der Waals surface area contributed by atoms with Crippen molar-refractivity contribution in [3.63, 3.8) is 0 Å². The number of hydrogen-bond donors (Lipinski definition) is 4. The van der Waals surface area contributed by atoms with Crippen molar-refractivity contribution in [1.82, 2.24) is 15.6 Å². The predicted octanol–water partition coefficient (Wildman–Crippen LogP) is 2.62. The standard InChI is InChI=1S/C21H27N5O3.2ClH/c22-19(17-6-10-29-11-7-17)20(27)24-14-16-2-1-3-18(12-16)26-21(28)25-13-15-4-8-23-9-5-15;;/h1-5,8-9,12,17,19H,6-7,10-11,13-14,22H2,(H,24,27)(H2,25,26,28);2*1H. The molecule has 3 amide bonds. The van der Waals surface area contributed by atoms with Gasteiger partial charge in [-0.3, -0.25) is 9.78 Å². The summed E-state index contributed by atoms with van der Waals surface area (Å²) in [7, 11) is 0. The SMILES string of the molecule is Cl.Cl.NC(C(=O)NCc1cccc(NC(=O)NCc2ccncc2)c1)C1CCOCC1. The second-order valence-electron chi connectivity index (χ2n) is 7.06. The van der Waals surface area contributed by atoms with Crippen molar-refractivity contribution in [2.24, 2.45) is 11.7 Å². The summed E-state index contributed by atoms with van der Waals surface area (Å²) < 4.78 is 5.32. The van der Waals surface area contributed by atoms with Crippen LogP contribution in [0.5, 0.6) is 0 Å². The number of aromatic nitrogens is 1. The molecular formula is C21H29Cl2N5O3. The van der Waals surface area contributed by atoms with Gasteiger partial charge in [0.25, 0.3) is 0 Å². The maximum absolute atomic E-state index is 12.3. The molecule has 1 aliphatic heterocycles. The Hall–Kier alpha value is -2.39. The van der Waals surface area contributed by atoms with E-state index in [0.717, 1.165) is 24.0 Å². The third-order valence-corrected chi connectivity index (χ3v) is 4.93. The van der Waals surface area contributed by atoms with E-state index >= 15 is 0 Å². The van der Waals surface area contributed by atoms with Crippen LogP contribution in [0.4, 0.5) is 10.5 Å². The van der Waals surface area contributed by atoms with Gasteiger partial charge in [0.15, 0.2) is 0 Å². The zero-order chi connectivity index (χ0) is 20.5. The normalized spacial score (nSPS) is 14.4. The molecule has 8 nitrogen and oxygen atoms in total. The van der Waals surface area contributed by atoms with Gasteiger partial charge < -0.3 is 26.4 Å². The lowest BCUT2D eigenvalue weighted by atomic mass is 9.92. The van der Waals surface area contributed by atoms with Crippen LogP contribution in [0.3, 0.4) is 0 Å². The van der Waals surface area contributed by atoms with Crippen LogP contribution >= 0.6 is 24.8 Å². The van der Waals surface area contributed by atoms with Gasteiger partial charge in [-0.1, -0.05) is 12.1 Å². The van der Waals surface area contributed by atoms with Crippen molar-refractivity contribution >= 4 is 42.4 Å². The van der Waals surface area contributed by atoms with E-state index in [0.29, 0.717) is 32.0 Å². The highest BCUT2D eigenvalue weighted by molar-refractivity contribution is 5.89. The number of nitrogens with two attached hydrogens (primary N) is 1. The molecule has 1 aromatic heterocycles. The first-order valence-electron chi connectivity index (χ1n) is 9.75. The molecular weight excluding hydrogens is 441 g/mol. The van der Waals surface area contributed by atoms with Crippen molar-refractivity contribution in [2.75, 3.05) is 18.5 Å². The highest BCUT2D eigenvalue weighted by atomic mass is 35.5. The topological polar surface area (TPSA) is 118 Å². The lowest BCUT2D eigenvalue weighted by Crippen LogP contribution is -2.46. The van der Waals surface area contributed by atoms with Gasteiger partial charge in [-0.05, 0) is 54.2 Å². The molecule has 5 N–H and O–H groups in total. The molecule has 3 rings (SSSR count). The summed E-state index contributed by atoms with van der Waals surface area (Å²) in [5, 5.41) is 8.48. The summed E-state index contributed by atoms with van der Waals surface area (Å²) in [6.07, 6.45) is 4.98. The zero-order valence-corrected chi connectivity index (χ0v) is 18.7. The number of rotatable bonds is 7. The third-order valence-electron chi connectivity index (χ3n) is 4.93. The molecule has 1 atom stereocenters. The van der Waals surface area contributed by atoms with Crippen molar-refractivity contribution in [3.8, 4) is 0 Å². The number of carbonyl (C=O) groups excluding carboxylic acids is 2. The van der Waals surface area contributed by atoms with Gasteiger partial charge in [0, 0.05) is 44.4 Å². The number of ether oxygens (including phenoxy) is 1. The molecule has 1 aromatic carbocycles. The molecule has 0 aliphatic carbocycles. The Kier molecular flexibility index (Phi) is 11.9. The van der Waals surface area contributed by atoms with Crippen LogP contribution in [0.25, 0.3) is 0 Å². The van der Waals surface area contributed by atoms with Gasteiger partial charge in [0.1, 0.15) is 0 Å². The smallest absolute Gasteiger partial charge is 0.319 e. The average molecular weight is 470 g/mol. The van der Waals surface area contributed by atoms with Crippen LogP contribution in [0.1, 0.15) is 24.0 Å². The van der Waals surface area contributed by atoms with Gasteiger partial charge in [-0.2, -0.15) is 0 Å². The lowest BCUT2D eigenvalue weighted by molar-refractivity contribution is -0.124. The van der Waals surface area contributed by atoms with Gasteiger partial charge in [-0.25, -0.2) is 4.79 Å². The van der Waals surface area contributed by atoms with E-state index in [1.54, 1.807) is 18.5 Å². The van der Waals surface area contributed by atoms with Crippen molar-refractivity contribution in [3.05, 3.63) is 59.9 Å². The number of hydrogen-bond acceptors (Lipinski definition) is 5. The van der Waals surface area contributed by atoms with Crippen LogP contribution in [0.15, 0.2) is 48.8 Å². The van der Waals surface area contributed by atoms with E-state index in [1.807, 2.05) is 30.3 Å². The maximum atomic E-state index is 12.3. The number of nitrogens with one attached hydrogen (secondary N) is 3. The van der Waals surface area contributed by atoms with Gasteiger partial charge in [0.05, 0.1) is 6.04 Å². The van der Waals surface area contributed by atoms with E-state index < -0.39 is 6.04 Å². The van der Waals surface area contributed by atoms with E-state index in [-0.39, 0.29) is 42.7 Å². The second-order valence-corrected chi connectivity index (χ2v) is 7.06. The summed E-state index contributed by atoms with van der Waals surface area (Å²) in [6.45, 7) is 2.07. The minimum absolute atomic E-state index is 0. The molecule has 2 heterocycles. The minimum Gasteiger partial charge on any atom is -0.381 e. The Balaban J connectivity index is 0.00000240. The predicted molar refractivity (Wildman–Crippen MR) is 124 cm³/mol. The average Bonchev–Trinajstić information content (AvgIpc) is 2.77. The molecule has 0 radical (unpaired) electrons. The molecule has 1 saturated heterocycles. The third kappa shape index (κ3) is 8.70. The van der Waals surface area contributed by atoms with Gasteiger partial charge in [-0.15, -0.1) is 24.8 Å². The van der Waals surface area contributed by atoms with Crippen LogP contribution in [-0.4, -0.2) is 36.2 Å². The number of carbonyl (C=O) groups is 2. The molecule has 1 unspecified atom stereocenters. The van der Waals surface area contributed by atoms with Crippen molar-refractivity contribution in [2.45, 2.75) is 32.0 Å².